The van der Waals surface area contributed by atoms with Gasteiger partial charge in [0, 0.05) is 36.6 Å². The number of carbonyl (C=O) groups excluding carboxylic acids is 1. The van der Waals surface area contributed by atoms with Crippen LogP contribution in [0, 0.1) is 0 Å². The van der Waals surface area contributed by atoms with Crippen LogP contribution < -0.4 is 11.1 Å². The fraction of sp³-hybridized carbons (Fsp3) is 0.440. The highest BCUT2D eigenvalue weighted by Crippen LogP contribution is 2.26. The first-order chi connectivity index (χ1) is 15.8. The largest absolute Gasteiger partial charge is 0.444 e. The predicted molar refractivity (Wildman–Crippen MR) is 129 cm³/mol. The zero-order valence-electron chi connectivity index (χ0n) is 19.5. The SMILES string of the molecule is CC(C)(C)OC(=O)N1CCC(OCCNc2ccc(-c3nc4cc(N)ccc4o3)cc2)CC1. The second-order valence-corrected chi connectivity index (χ2v) is 9.29. The average molecular weight is 453 g/mol. The molecule has 8 nitrogen and oxygen atoms in total. The molecule has 3 N–H and O–H groups in total. The summed E-state index contributed by atoms with van der Waals surface area (Å²) in [4.78, 5) is 18.4. The first-order valence-corrected chi connectivity index (χ1v) is 11.4. The van der Waals surface area contributed by atoms with Gasteiger partial charge in [0.2, 0.25) is 5.89 Å². The molecule has 1 fully saturated rings. The summed E-state index contributed by atoms with van der Waals surface area (Å²) in [5.41, 5.74) is 9.39. The number of benzene rings is 2. The lowest BCUT2D eigenvalue weighted by molar-refractivity contribution is -0.00878. The number of hydrogen-bond acceptors (Lipinski definition) is 7. The number of rotatable bonds is 6. The Hall–Kier alpha value is -3.26. The van der Waals surface area contributed by atoms with Gasteiger partial charge in [-0.2, -0.15) is 0 Å². The van der Waals surface area contributed by atoms with Gasteiger partial charge in [-0.25, -0.2) is 9.78 Å². The number of aromatic nitrogens is 1. The Morgan fingerprint density at radius 3 is 2.61 bits per heavy atom. The van der Waals surface area contributed by atoms with E-state index < -0.39 is 5.60 Å². The van der Waals surface area contributed by atoms with E-state index in [1.807, 2.05) is 51.1 Å². The van der Waals surface area contributed by atoms with Crippen LogP contribution >= 0.6 is 0 Å². The van der Waals surface area contributed by atoms with Crippen molar-refractivity contribution in [1.82, 2.24) is 9.88 Å². The molecule has 4 rings (SSSR count). The molecule has 0 atom stereocenters. The summed E-state index contributed by atoms with van der Waals surface area (Å²) >= 11 is 0. The first-order valence-electron chi connectivity index (χ1n) is 11.4. The molecule has 3 aromatic rings. The molecule has 0 bridgehead atoms. The van der Waals surface area contributed by atoms with E-state index in [0.29, 0.717) is 37.8 Å². The zero-order chi connectivity index (χ0) is 23.4. The minimum atomic E-state index is -0.467. The molecule has 2 aromatic carbocycles. The number of nitrogens with two attached hydrogens (primary N) is 1. The summed E-state index contributed by atoms with van der Waals surface area (Å²) in [6.07, 6.45) is 1.57. The Morgan fingerprint density at radius 1 is 1.18 bits per heavy atom. The van der Waals surface area contributed by atoms with Crippen LogP contribution in [0.4, 0.5) is 16.2 Å². The van der Waals surface area contributed by atoms with E-state index in [0.717, 1.165) is 35.2 Å². The first kappa shape index (κ1) is 22.9. The van der Waals surface area contributed by atoms with E-state index in [9.17, 15) is 4.79 Å². The molecule has 1 aromatic heterocycles. The quantitative estimate of drug-likeness (QED) is 0.405. The molecule has 1 amide bonds. The molecule has 8 heteroatoms. The number of hydrogen-bond donors (Lipinski definition) is 2. The number of amides is 1. The maximum absolute atomic E-state index is 12.1. The van der Waals surface area contributed by atoms with Crippen molar-refractivity contribution in [3.63, 3.8) is 0 Å². The number of piperidine rings is 1. The smallest absolute Gasteiger partial charge is 0.410 e. The van der Waals surface area contributed by atoms with Crippen LogP contribution in [0.25, 0.3) is 22.6 Å². The van der Waals surface area contributed by atoms with Crippen molar-refractivity contribution in [3.8, 4) is 11.5 Å². The van der Waals surface area contributed by atoms with Crippen LogP contribution in [0.1, 0.15) is 33.6 Å². The van der Waals surface area contributed by atoms with Crippen molar-refractivity contribution in [3.05, 3.63) is 42.5 Å². The summed E-state index contributed by atoms with van der Waals surface area (Å²) in [6, 6.07) is 13.4. The number of fused-ring (bicyclic) bond motifs is 1. The van der Waals surface area contributed by atoms with Gasteiger partial charge in [-0.3, -0.25) is 0 Å². The number of nitrogens with one attached hydrogen (secondary N) is 1. The summed E-state index contributed by atoms with van der Waals surface area (Å²) in [5, 5.41) is 3.37. The standard InChI is InChI=1S/C25H32N4O4/c1-25(2,3)33-24(30)29-13-10-20(11-14-29)31-15-12-27-19-7-4-17(5-8-19)23-28-21-16-18(26)6-9-22(21)32-23/h4-9,16,20,27H,10-15,26H2,1-3H3. The number of likely N-dealkylation sites (tertiary alicyclic amines) is 1. The van der Waals surface area contributed by atoms with Crippen LogP contribution in [0.15, 0.2) is 46.9 Å². The molecule has 0 aliphatic carbocycles. The van der Waals surface area contributed by atoms with Gasteiger partial charge in [0.1, 0.15) is 11.1 Å². The van der Waals surface area contributed by atoms with Crippen LogP contribution in [-0.4, -0.2) is 53.9 Å². The molecule has 0 unspecified atom stereocenters. The fourth-order valence-electron chi connectivity index (χ4n) is 3.75. The predicted octanol–water partition coefficient (Wildman–Crippen LogP) is 4.91. The van der Waals surface area contributed by atoms with E-state index >= 15 is 0 Å². The molecule has 1 saturated heterocycles. The van der Waals surface area contributed by atoms with E-state index in [1.54, 1.807) is 17.0 Å². The van der Waals surface area contributed by atoms with Gasteiger partial charge in [0.05, 0.1) is 12.7 Å². The van der Waals surface area contributed by atoms with Crippen LogP contribution in [-0.2, 0) is 9.47 Å². The Balaban J connectivity index is 1.19. The molecule has 33 heavy (non-hydrogen) atoms. The number of nitrogen functional groups attached to an aromatic ring is 1. The molecular formula is C25H32N4O4. The van der Waals surface area contributed by atoms with E-state index in [1.165, 1.54) is 0 Å². The minimum Gasteiger partial charge on any atom is -0.444 e. The molecule has 0 spiro atoms. The maximum atomic E-state index is 12.1. The van der Waals surface area contributed by atoms with Crippen molar-refractivity contribution in [2.24, 2.45) is 0 Å². The van der Waals surface area contributed by atoms with Gasteiger partial charge in [-0.15, -0.1) is 0 Å². The number of carbonyl (C=O) groups is 1. The Morgan fingerprint density at radius 2 is 1.91 bits per heavy atom. The third-order valence-corrected chi connectivity index (χ3v) is 5.42. The van der Waals surface area contributed by atoms with Crippen LogP contribution in [0.2, 0.25) is 0 Å². The van der Waals surface area contributed by atoms with Gasteiger partial charge in [-0.1, -0.05) is 0 Å². The van der Waals surface area contributed by atoms with Gasteiger partial charge in [0.25, 0.3) is 0 Å². The van der Waals surface area contributed by atoms with Crippen LogP contribution in [0.3, 0.4) is 0 Å². The number of anilines is 2. The summed E-state index contributed by atoms with van der Waals surface area (Å²) < 4.78 is 17.3. The van der Waals surface area contributed by atoms with E-state index in [4.69, 9.17) is 19.6 Å². The third-order valence-electron chi connectivity index (χ3n) is 5.42. The molecule has 0 saturated carbocycles. The van der Waals surface area contributed by atoms with Gasteiger partial charge in [0.15, 0.2) is 5.58 Å². The second-order valence-electron chi connectivity index (χ2n) is 9.29. The zero-order valence-corrected chi connectivity index (χ0v) is 19.5. The fourth-order valence-corrected chi connectivity index (χ4v) is 3.75. The van der Waals surface area contributed by atoms with Gasteiger partial charge < -0.3 is 29.8 Å². The topological polar surface area (TPSA) is 103 Å². The normalized spacial score (nSPS) is 15.1. The Kier molecular flexibility index (Phi) is 6.74. The lowest BCUT2D eigenvalue weighted by Crippen LogP contribution is -2.43. The van der Waals surface area contributed by atoms with Gasteiger partial charge >= 0.3 is 6.09 Å². The van der Waals surface area contributed by atoms with Crippen molar-refractivity contribution in [2.75, 3.05) is 37.3 Å². The molecular weight excluding hydrogens is 420 g/mol. The average Bonchev–Trinajstić information content (AvgIpc) is 3.19. The highest BCUT2D eigenvalue weighted by Gasteiger charge is 2.27. The third kappa shape index (κ3) is 6.16. The van der Waals surface area contributed by atoms with Crippen LogP contribution in [0.5, 0.6) is 0 Å². The highest BCUT2D eigenvalue weighted by molar-refractivity contribution is 5.79. The lowest BCUT2D eigenvalue weighted by Gasteiger charge is -2.33. The Bertz CT molecular complexity index is 1080. The van der Waals surface area contributed by atoms with Crippen molar-refractivity contribution in [2.45, 2.75) is 45.3 Å². The molecule has 1 aliphatic heterocycles. The van der Waals surface area contributed by atoms with Crippen molar-refractivity contribution >= 4 is 28.6 Å². The van der Waals surface area contributed by atoms with Gasteiger partial charge in [-0.05, 0) is 76.1 Å². The number of nitrogens with zero attached hydrogens (tertiary/aromatic N) is 2. The van der Waals surface area contributed by atoms with Crippen molar-refractivity contribution < 1.29 is 18.7 Å². The molecule has 2 heterocycles. The maximum Gasteiger partial charge on any atom is 0.410 e. The molecule has 0 radical (unpaired) electrons. The number of oxazole rings is 1. The lowest BCUT2D eigenvalue weighted by atomic mass is 10.1. The number of ether oxygens (including phenoxy) is 2. The summed E-state index contributed by atoms with van der Waals surface area (Å²) in [6.45, 7) is 8.28. The van der Waals surface area contributed by atoms with E-state index in [2.05, 4.69) is 10.3 Å². The molecule has 176 valence electrons. The van der Waals surface area contributed by atoms with Crippen molar-refractivity contribution in [1.29, 1.82) is 0 Å². The highest BCUT2D eigenvalue weighted by atomic mass is 16.6. The second kappa shape index (κ2) is 9.70. The molecule has 1 aliphatic rings. The van der Waals surface area contributed by atoms with E-state index in [-0.39, 0.29) is 12.2 Å². The Labute approximate surface area is 194 Å². The monoisotopic (exact) mass is 452 g/mol. The summed E-state index contributed by atoms with van der Waals surface area (Å²) in [5.74, 6) is 0.572. The minimum absolute atomic E-state index is 0.168. The summed E-state index contributed by atoms with van der Waals surface area (Å²) in [7, 11) is 0.